The van der Waals surface area contributed by atoms with Crippen LogP contribution in [0.5, 0.6) is 0 Å². The van der Waals surface area contributed by atoms with Gasteiger partial charge in [-0.15, -0.1) is 11.8 Å². The number of aliphatic hydroxyl groups excluding tert-OH is 2. The number of thioether (sulfide) groups is 2. The summed E-state index contributed by atoms with van der Waals surface area (Å²) in [7, 11) is 1.38. The molecule has 5 nitrogen and oxygen atoms in total. The second-order valence-electron chi connectivity index (χ2n) is 7.07. The lowest BCUT2D eigenvalue weighted by molar-refractivity contribution is -0.137. The van der Waals surface area contributed by atoms with Gasteiger partial charge in [0.05, 0.1) is 30.3 Å². The largest absolute Gasteiger partial charge is 0.468 e. The van der Waals surface area contributed by atoms with Gasteiger partial charge in [0.1, 0.15) is 5.78 Å². The van der Waals surface area contributed by atoms with Crippen molar-refractivity contribution in [2.24, 2.45) is 5.92 Å². The average Bonchev–Trinajstić information content (AvgIpc) is 2.72. The number of esters is 1. The Morgan fingerprint density at radius 2 is 2.07 bits per heavy atom. The van der Waals surface area contributed by atoms with Crippen molar-refractivity contribution in [2.45, 2.75) is 43.1 Å². The van der Waals surface area contributed by atoms with Crippen LogP contribution in [0.1, 0.15) is 24.8 Å². The molecule has 1 aromatic carbocycles. The summed E-state index contributed by atoms with van der Waals surface area (Å²) in [6.07, 6.45) is 4.54. The second kappa shape index (κ2) is 13.1. The van der Waals surface area contributed by atoms with Crippen LogP contribution in [0.3, 0.4) is 0 Å². The van der Waals surface area contributed by atoms with Crippen LogP contribution in [0.15, 0.2) is 42.5 Å². The SMILES string of the molecule is COC(=O)CSCCCS[C@H]1C(=O)CC[C@@H](O)C1/C=C/C(O)Cc1ccccc1. The van der Waals surface area contributed by atoms with E-state index in [1.807, 2.05) is 36.4 Å². The molecule has 160 valence electrons. The van der Waals surface area contributed by atoms with Crippen LogP contribution in [0, 0.1) is 5.92 Å². The number of rotatable bonds is 11. The minimum Gasteiger partial charge on any atom is -0.468 e. The van der Waals surface area contributed by atoms with Crippen LogP contribution >= 0.6 is 23.5 Å². The Labute approximate surface area is 181 Å². The Morgan fingerprint density at radius 1 is 1.31 bits per heavy atom. The van der Waals surface area contributed by atoms with Crippen LogP contribution < -0.4 is 0 Å². The second-order valence-corrected chi connectivity index (χ2v) is 9.42. The lowest BCUT2D eigenvalue weighted by atomic mass is 9.84. The number of hydrogen-bond acceptors (Lipinski definition) is 7. The zero-order valence-corrected chi connectivity index (χ0v) is 18.4. The molecule has 7 heteroatoms. The molecule has 29 heavy (non-hydrogen) atoms. The Bertz CT molecular complexity index is 664. The highest BCUT2D eigenvalue weighted by molar-refractivity contribution is 8.01. The summed E-state index contributed by atoms with van der Waals surface area (Å²) in [5.74, 6) is 1.60. The molecule has 0 radical (unpaired) electrons. The average molecular weight is 439 g/mol. The topological polar surface area (TPSA) is 83.8 Å². The summed E-state index contributed by atoms with van der Waals surface area (Å²) < 4.78 is 4.61. The summed E-state index contributed by atoms with van der Waals surface area (Å²) >= 11 is 3.09. The van der Waals surface area contributed by atoms with Gasteiger partial charge in [0, 0.05) is 18.8 Å². The van der Waals surface area contributed by atoms with E-state index in [-0.39, 0.29) is 22.9 Å². The summed E-state index contributed by atoms with van der Waals surface area (Å²) in [5, 5.41) is 20.5. The van der Waals surface area contributed by atoms with E-state index in [2.05, 4.69) is 4.74 Å². The number of aliphatic hydroxyl groups is 2. The number of carbonyl (C=O) groups is 2. The third kappa shape index (κ3) is 8.54. The van der Waals surface area contributed by atoms with Crippen molar-refractivity contribution in [3.8, 4) is 0 Å². The fraction of sp³-hybridized carbons (Fsp3) is 0.545. The maximum atomic E-state index is 12.4. The number of carbonyl (C=O) groups excluding carboxylic acids is 2. The van der Waals surface area contributed by atoms with Gasteiger partial charge in [-0.1, -0.05) is 42.5 Å². The van der Waals surface area contributed by atoms with Gasteiger partial charge in [-0.05, 0) is 29.9 Å². The Kier molecular flexibility index (Phi) is 10.8. The molecule has 1 aromatic rings. The summed E-state index contributed by atoms with van der Waals surface area (Å²) in [6.45, 7) is 0. The van der Waals surface area contributed by atoms with Crippen LogP contribution in [0.2, 0.25) is 0 Å². The molecule has 1 aliphatic carbocycles. The molecule has 2 N–H and O–H groups in total. The van der Waals surface area contributed by atoms with Crippen LogP contribution in [-0.2, 0) is 20.7 Å². The van der Waals surface area contributed by atoms with Crippen molar-refractivity contribution in [1.82, 2.24) is 0 Å². The lowest BCUT2D eigenvalue weighted by Gasteiger charge is -2.32. The van der Waals surface area contributed by atoms with Crippen molar-refractivity contribution >= 4 is 35.3 Å². The molecule has 1 aliphatic rings. The smallest absolute Gasteiger partial charge is 0.315 e. The van der Waals surface area contributed by atoms with Crippen molar-refractivity contribution in [3.63, 3.8) is 0 Å². The van der Waals surface area contributed by atoms with Crippen LogP contribution in [0.25, 0.3) is 0 Å². The third-order valence-corrected chi connectivity index (χ3v) is 7.30. The van der Waals surface area contributed by atoms with E-state index in [1.54, 1.807) is 17.8 Å². The maximum absolute atomic E-state index is 12.4. The number of ether oxygens (including phenoxy) is 1. The quantitative estimate of drug-likeness (QED) is 0.312. The van der Waals surface area contributed by atoms with E-state index in [1.165, 1.54) is 18.9 Å². The molecule has 0 bridgehead atoms. The zero-order valence-electron chi connectivity index (χ0n) is 16.7. The highest BCUT2D eigenvalue weighted by Crippen LogP contribution is 2.33. The standard InChI is InChI=1S/C22H30O5S2/c1-27-21(26)15-28-12-5-13-29-22-18(19(24)10-11-20(22)25)9-8-17(23)14-16-6-3-2-4-7-16/h2-4,6-9,17-19,22-24H,5,10-15H2,1H3/b9-8+/t17?,18?,19-,22-/m1/s1. The highest BCUT2D eigenvalue weighted by atomic mass is 32.2. The molecule has 0 amide bonds. The molecule has 0 heterocycles. The van der Waals surface area contributed by atoms with Crippen molar-refractivity contribution < 1.29 is 24.5 Å². The minimum absolute atomic E-state index is 0.162. The predicted molar refractivity (Wildman–Crippen MR) is 119 cm³/mol. The van der Waals surface area contributed by atoms with Gasteiger partial charge in [0.2, 0.25) is 0 Å². The van der Waals surface area contributed by atoms with E-state index in [0.717, 1.165) is 23.5 Å². The first kappa shape index (κ1) is 24.0. The van der Waals surface area contributed by atoms with Crippen LogP contribution in [0.4, 0.5) is 0 Å². The van der Waals surface area contributed by atoms with Gasteiger partial charge in [-0.3, -0.25) is 9.59 Å². The number of benzene rings is 1. The summed E-state index contributed by atoms with van der Waals surface area (Å²) in [5.41, 5.74) is 1.04. The first-order valence-electron chi connectivity index (χ1n) is 9.88. The van der Waals surface area contributed by atoms with Gasteiger partial charge in [0.15, 0.2) is 0 Å². The molecule has 0 aromatic heterocycles. The highest BCUT2D eigenvalue weighted by Gasteiger charge is 2.36. The summed E-state index contributed by atoms with van der Waals surface area (Å²) in [4.78, 5) is 23.5. The van der Waals surface area contributed by atoms with Crippen molar-refractivity contribution in [2.75, 3.05) is 24.4 Å². The van der Waals surface area contributed by atoms with Gasteiger partial charge in [-0.2, -0.15) is 11.8 Å². The molecule has 0 saturated heterocycles. The fourth-order valence-corrected chi connectivity index (χ4v) is 5.56. The number of hydrogen-bond donors (Lipinski definition) is 2. The monoisotopic (exact) mass is 438 g/mol. The molecule has 2 rings (SSSR count). The lowest BCUT2D eigenvalue weighted by Crippen LogP contribution is -2.40. The van der Waals surface area contributed by atoms with Gasteiger partial charge < -0.3 is 14.9 Å². The van der Waals surface area contributed by atoms with Gasteiger partial charge >= 0.3 is 5.97 Å². The Morgan fingerprint density at radius 3 is 2.79 bits per heavy atom. The molecule has 2 unspecified atom stereocenters. The molecule has 0 spiro atoms. The van der Waals surface area contributed by atoms with Crippen molar-refractivity contribution in [3.05, 3.63) is 48.0 Å². The first-order chi connectivity index (χ1) is 14.0. The number of ketones is 1. The maximum Gasteiger partial charge on any atom is 0.315 e. The number of methoxy groups -OCH3 is 1. The molecule has 1 saturated carbocycles. The van der Waals surface area contributed by atoms with E-state index in [9.17, 15) is 19.8 Å². The Balaban J connectivity index is 1.84. The van der Waals surface area contributed by atoms with Gasteiger partial charge in [0.25, 0.3) is 0 Å². The fourth-order valence-electron chi connectivity index (χ4n) is 3.24. The molecular weight excluding hydrogens is 408 g/mol. The van der Waals surface area contributed by atoms with E-state index in [0.29, 0.717) is 25.0 Å². The zero-order chi connectivity index (χ0) is 21.1. The number of Topliss-reactive ketones (excluding diaryl/α,β-unsaturated/α-hetero) is 1. The minimum atomic E-state index is -0.651. The van der Waals surface area contributed by atoms with E-state index in [4.69, 9.17) is 0 Å². The van der Waals surface area contributed by atoms with E-state index >= 15 is 0 Å². The molecule has 4 atom stereocenters. The predicted octanol–water partition coefficient (Wildman–Crippen LogP) is 2.88. The van der Waals surface area contributed by atoms with Gasteiger partial charge in [-0.25, -0.2) is 0 Å². The first-order valence-corrected chi connectivity index (χ1v) is 12.1. The van der Waals surface area contributed by atoms with E-state index < -0.39 is 12.2 Å². The Hall–Kier alpha value is -1.28. The normalized spacial score (nSPS) is 23.3. The molecule has 1 fully saturated rings. The summed E-state index contributed by atoms with van der Waals surface area (Å²) in [6, 6.07) is 9.74. The third-order valence-electron chi connectivity index (χ3n) is 4.82. The van der Waals surface area contributed by atoms with Crippen molar-refractivity contribution in [1.29, 1.82) is 0 Å². The molecular formula is C22H30O5S2. The van der Waals surface area contributed by atoms with Crippen LogP contribution in [-0.4, -0.2) is 63.8 Å². The molecule has 0 aliphatic heterocycles.